The van der Waals surface area contributed by atoms with Gasteiger partial charge in [0.25, 0.3) is 5.91 Å². The predicted octanol–water partition coefficient (Wildman–Crippen LogP) is 2.49. The Morgan fingerprint density at radius 2 is 1.70 bits per heavy atom. The topological polar surface area (TPSA) is 56.4 Å². The third-order valence-corrected chi connectivity index (χ3v) is 4.23. The van der Waals surface area contributed by atoms with Gasteiger partial charge in [-0.25, -0.2) is 0 Å². The highest BCUT2D eigenvalue weighted by molar-refractivity contribution is 5.97. The van der Waals surface area contributed by atoms with Gasteiger partial charge in [-0.15, -0.1) is 0 Å². The molecule has 0 aliphatic carbocycles. The average molecular weight is 311 g/mol. The summed E-state index contributed by atoms with van der Waals surface area (Å²) in [7, 11) is 0. The molecule has 1 aromatic carbocycles. The number of amides is 1. The molecule has 1 fully saturated rings. The zero-order valence-corrected chi connectivity index (χ0v) is 13.5. The quantitative estimate of drug-likeness (QED) is 0.886. The summed E-state index contributed by atoms with van der Waals surface area (Å²) in [6.45, 7) is 6.56. The van der Waals surface area contributed by atoms with Gasteiger partial charge < -0.3 is 14.8 Å². The van der Waals surface area contributed by atoms with Crippen molar-refractivity contribution in [1.29, 1.82) is 0 Å². The number of anilines is 1. The highest BCUT2D eigenvalue weighted by atomic mass is 16.2. The number of aromatic amines is 1. The Hall–Kier alpha value is -2.56. The maximum absolute atomic E-state index is 12.5. The summed E-state index contributed by atoms with van der Waals surface area (Å²) in [6.07, 6.45) is 0. The van der Waals surface area contributed by atoms with Crippen molar-refractivity contribution >= 4 is 17.4 Å². The van der Waals surface area contributed by atoms with Crippen molar-refractivity contribution in [3.8, 4) is 0 Å². The zero-order valence-electron chi connectivity index (χ0n) is 13.5. The van der Waals surface area contributed by atoms with E-state index in [1.807, 2.05) is 4.90 Å². The van der Waals surface area contributed by atoms with Crippen LogP contribution in [0.15, 0.2) is 36.4 Å². The Balaban J connectivity index is 1.64. The number of piperazine rings is 1. The monoisotopic (exact) mass is 311 g/mol. The van der Waals surface area contributed by atoms with Gasteiger partial charge in [-0.1, -0.05) is 12.1 Å². The molecule has 0 unspecified atom stereocenters. The van der Waals surface area contributed by atoms with Crippen LogP contribution < -0.4 is 4.90 Å². The molecule has 120 valence electrons. The first-order chi connectivity index (χ1) is 11.0. The number of Topliss-reactive ketones (excluding diaryl/α,β-unsaturated/α-hetero) is 1. The van der Waals surface area contributed by atoms with Gasteiger partial charge in [0.2, 0.25) is 0 Å². The van der Waals surface area contributed by atoms with Crippen molar-refractivity contribution < 1.29 is 9.59 Å². The summed E-state index contributed by atoms with van der Waals surface area (Å²) in [5.74, 6) is -0.102. The first-order valence-corrected chi connectivity index (χ1v) is 7.85. The second-order valence-electron chi connectivity index (χ2n) is 5.96. The molecule has 0 saturated carbocycles. The Bertz CT molecular complexity index is 727. The number of nitrogens with one attached hydrogen (secondary N) is 1. The van der Waals surface area contributed by atoms with Crippen molar-refractivity contribution in [3.05, 3.63) is 53.3 Å². The Labute approximate surface area is 135 Å². The molecule has 0 spiro atoms. The molecular formula is C18H21N3O2. The van der Waals surface area contributed by atoms with Crippen molar-refractivity contribution in [2.45, 2.75) is 13.8 Å². The lowest BCUT2D eigenvalue weighted by Gasteiger charge is -2.36. The van der Waals surface area contributed by atoms with E-state index in [1.54, 1.807) is 12.1 Å². The summed E-state index contributed by atoms with van der Waals surface area (Å²) in [5, 5.41) is 0. The van der Waals surface area contributed by atoms with E-state index in [0.717, 1.165) is 13.1 Å². The van der Waals surface area contributed by atoms with E-state index in [1.165, 1.54) is 18.2 Å². The molecule has 1 N–H and O–H groups in total. The fourth-order valence-corrected chi connectivity index (χ4v) is 2.89. The van der Waals surface area contributed by atoms with E-state index >= 15 is 0 Å². The summed E-state index contributed by atoms with van der Waals surface area (Å²) in [5.41, 5.74) is 3.41. The second kappa shape index (κ2) is 6.28. The van der Waals surface area contributed by atoms with Crippen LogP contribution in [0.3, 0.4) is 0 Å². The predicted molar refractivity (Wildman–Crippen MR) is 90.1 cm³/mol. The van der Waals surface area contributed by atoms with Crippen LogP contribution in [-0.4, -0.2) is 47.8 Å². The summed E-state index contributed by atoms with van der Waals surface area (Å²) >= 11 is 0. The van der Waals surface area contributed by atoms with E-state index in [0.29, 0.717) is 24.5 Å². The SMILES string of the molecule is CC(=O)c1ccc(C(=O)N2CCN(c3cccc(C)c3)CC2)[nH]1. The summed E-state index contributed by atoms with van der Waals surface area (Å²) < 4.78 is 0. The smallest absolute Gasteiger partial charge is 0.270 e. The van der Waals surface area contributed by atoms with E-state index in [-0.39, 0.29) is 11.7 Å². The number of benzene rings is 1. The number of carbonyl (C=O) groups is 2. The molecule has 1 aliphatic rings. The number of hydrogen-bond donors (Lipinski definition) is 1. The number of aromatic nitrogens is 1. The summed E-state index contributed by atoms with van der Waals surface area (Å²) in [6, 6.07) is 11.8. The van der Waals surface area contributed by atoms with Gasteiger partial charge in [-0.3, -0.25) is 9.59 Å². The highest BCUT2D eigenvalue weighted by Crippen LogP contribution is 2.18. The first-order valence-electron chi connectivity index (χ1n) is 7.85. The van der Waals surface area contributed by atoms with Crippen LogP contribution in [0.5, 0.6) is 0 Å². The maximum atomic E-state index is 12.5. The Morgan fingerprint density at radius 1 is 1.00 bits per heavy atom. The molecule has 0 bridgehead atoms. The fourth-order valence-electron chi connectivity index (χ4n) is 2.89. The van der Waals surface area contributed by atoms with Crippen molar-refractivity contribution in [1.82, 2.24) is 9.88 Å². The minimum absolute atomic E-state index is 0.0404. The Kier molecular flexibility index (Phi) is 4.19. The lowest BCUT2D eigenvalue weighted by Crippen LogP contribution is -2.48. The molecule has 2 heterocycles. The Morgan fingerprint density at radius 3 is 2.30 bits per heavy atom. The van der Waals surface area contributed by atoms with Crippen LogP contribution in [0.25, 0.3) is 0 Å². The molecule has 1 aromatic heterocycles. The van der Waals surface area contributed by atoms with Gasteiger partial charge in [-0.2, -0.15) is 0 Å². The molecule has 1 amide bonds. The molecule has 2 aromatic rings. The molecule has 0 atom stereocenters. The van der Waals surface area contributed by atoms with E-state index < -0.39 is 0 Å². The molecule has 5 heteroatoms. The van der Waals surface area contributed by atoms with E-state index in [9.17, 15) is 9.59 Å². The van der Waals surface area contributed by atoms with Crippen LogP contribution >= 0.6 is 0 Å². The minimum Gasteiger partial charge on any atom is -0.368 e. The normalized spacial score (nSPS) is 14.9. The number of rotatable bonds is 3. The van der Waals surface area contributed by atoms with Crippen LogP contribution in [0.1, 0.15) is 33.5 Å². The zero-order chi connectivity index (χ0) is 16.4. The van der Waals surface area contributed by atoms with E-state index in [4.69, 9.17) is 0 Å². The van der Waals surface area contributed by atoms with E-state index in [2.05, 4.69) is 41.1 Å². The van der Waals surface area contributed by atoms with Crippen molar-refractivity contribution in [3.63, 3.8) is 0 Å². The van der Waals surface area contributed by atoms with Gasteiger partial charge in [0.1, 0.15) is 5.69 Å². The lowest BCUT2D eigenvalue weighted by atomic mass is 10.2. The molecular weight excluding hydrogens is 290 g/mol. The number of carbonyl (C=O) groups excluding carboxylic acids is 2. The number of aryl methyl sites for hydroxylation is 1. The lowest BCUT2D eigenvalue weighted by molar-refractivity contribution is 0.0741. The van der Waals surface area contributed by atoms with Crippen LogP contribution in [0, 0.1) is 6.92 Å². The standard InChI is InChI=1S/C18H21N3O2/c1-13-4-3-5-15(12-13)20-8-10-21(11-9-20)18(23)17-7-6-16(19-17)14(2)22/h3-7,12,19H,8-11H2,1-2H3. The van der Waals surface area contributed by atoms with Crippen LogP contribution in [0.2, 0.25) is 0 Å². The summed E-state index contributed by atoms with van der Waals surface area (Å²) in [4.78, 5) is 30.9. The molecule has 0 radical (unpaired) electrons. The molecule has 5 nitrogen and oxygen atoms in total. The number of H-pyrrole nitrogens is 1. The van der Waals surface area contributed by atoms with Gasteiger partial charge in [0.15, 0.2) is 5.78 Å². The number of hydrogen-bond acceptors (Lipinski definition) is 3. The first kappa shape index (κ1) is 15.3. The fraction of sp³-hybridized carbons (Fsp3) is 0.333. The van der Waals surface area contributed by atoms with Gasteiger partial charge >= 0.3 is 0 Å². The largest absolute Gasteiger partial charge is 0.368 e. The number of nitrogens with zero attached hydrogens (tertiary/aromatic N) is 2. The second-order valence-corrected chi connectivity index (χ2v) is 5.96. The maximum Gasteiger partial charge on any atom is 0.270 e. The third-order valence-electron chi connectivity index (χ3n) is 4.23. The molecule has 1 saturated heterocycles. The van der Waals surface area contributed by atoms with Crippen molar-refractivity contribution in [2.24, 2.45) is 0 Å². The van der Waals surface area contributed by atoms with Crippen molar-refractivity contribution in [2.75, 3.05) is 31.1 Å². The van der Waals surface area contributed by atoms with Gasteiger partial charge in [0, 0.05) is 38.8 Å². The molecule has 3 rings (SSSR count). The van der Waals surface area contributed by atoms with Crippen LogP contribution in [-0.2, 0) is 0 Å². The van der Waals surface area contributed by atoms with Crippen LogP contribution in [0.4, 0.5) is 5.69 Å². The van der Waals surface area contributed by atoms with Gasteiger partial charge in [-0.05, 0) is 36.8 Å². The third kappa shape index (κ3) is 3.28. The minimum atomic E-state index is -0.0617. The molecule has 23 heavy (non-hydrogen) atoms. The molecule has 1 aliphatic heterocycles. The number of ketones is 1. The van der Waals surface area contributed by atoms with Gasteiger partial charge in [0.05, 0.1) is 5.69 Å². The highest BCUT2D eigenvalue weighted by Gasteiger charge is 2.23. The average Bonchev–Trinajstić information content (AvgIpc) is 3.04.